The number of unbranched alkanes of at least 4 members (excludes halogenated alkanes) is 1. The number of aliphatic hydroxyl groups is 1. The van der Waals surface area contributed by atoms with Crippen LogP contribution < -0.4 is 0 Å². The van der Waals surface area contributed by atoms with E-state index >= 15 is 0 Å². The summed E-state index contributed by atoms with van der Waals surface area (Å²) in [5.41, 5.74) is -0.550. The van der Waals surface area contributed by atoms with Crippen molar-refractivity contribution >= 4 is 5.91 Å². The van der Waals surface area contributed by atoms with Crippen LogP contribution in [0.1, 0.15) is 53.4 Å². The van der Waals surface area contributed by atoms with E-state index in [0.717, 1.165) is 0 Å². The van der Waals surface area contributed by atoms with Crippen LogP contribution in [0.3, 0.4) is 0 Å². The highest BCUT2D eigenvalue weighted by Gasteiger charge is 2.27. The van der Waals surface area contributed by atoms with Gasteiger partial charge in [-0.2, -0.15) is 0 Å². The molecular formula is C12H25NO2. The molecule has 0 aromatic carbocycles. The van der Waals surface area contributed by atoms with E-state index in [9.17, 15) is 9.90 Å². The smallest absolute Gasteiger partial charge is 0.219 e. The molecule has 0 bridgehead atoms. The van der Waals surface area contributed by atoms with Crippen LogP contribution in [0.15, 0.2) is 0 Å². The quantitative estimate of drug-likeness (QED) is 0.728. The standard InChI is InChI=1S/C8H15NO2.C4H10/c1-7(10)9-5-3-8(2,11)4-6-9;1-3-4-2/h11H,3-6H2,1-2H3;3-4H2,1-2H3. The number of carbonyl (C=O) groups excluding carboxylic acids is 1. The third-order valence-corrected chi connectivity index (χ3v) is 2.79. The van der Waals surface area contributed by atoms with Crippen LogP contribution in [0.2, 0.25) is 0 Å². The molecule has 0 spiro atoms. The van der Waals surface area contributed by atoms with Crippen LogP contribution in [-0.2, 0) is 4.79 Å². The summed E-state index contributed by atoms with van der Waals surface area (Å²) in [4.78, 5) is 12.6. The van der Waals surface area contributed by atoms with Gasteiger partial charge < -0.3 is 10.0 Å². The Morgan fingerprint density at radius 3 is 1.93 bits per heavy atom. The molecule has 0 aromatic rings. The van der Waals surface area contributed by atoms with Gasteiger partial charge in [0.2, 0.25) is 5.91 Å². The van der Waals surface area contributed by atoms with Crippen molar-refractivity contribution in [1.82, 2.24) is 4.90 Å². The Bertz CT molecular complexity index is 178. The van der Waals surface area contributed by atoms with Crippen molar-refractivity contribution < 1.29 is 9.90 Å². The van der Waals surface area contributed by atoms with Crippen molar-refractivity contribution in [3.63, 3.8) is 0 Å². The van der Waals surface area contributed by atoms with Gasteiger partial charge in [0.15, 0.2) is 0 Å². The van der Waals surface area contributed by atoms with E-state index < -0.39 is 5.60 Å². The number of likely N-dealkylation sites (tertiary alicyclic amines) is 1. The molecule has 1 rings (SSSR count). The largest absolute Gasteiger partial charge is 0.390 e. The summed E-state index contributed by atoms with van der Waals surface area (Å²) in [5, 5.41) is 9.54. The van der Waals surface area contributed by atoms with E-state index in [2.05, 4.69) is 13.8 Å². The molecule has 1 N–H and O–H groups in total. The molecule has 0 saturated carbocycles. The Morgan fingerprint density at radius 1 is 1.27 bits per heavy atom. The van der Waals surface area contributed by atoms with E-state index in [1.807, 2.05) is 6.92 Å². The lowest BCUT2D eigenvalue weighted by Gasteiger charge is -2.35. The molecule has 1 amide bonds. The Labute approximate surface area is 93.5 Å². The van der Waals surface area contributed by atoms with Gasteiger partial charge in [0.05, 0.1) is 5.60 Å². The van der Waals surface area contributed by atoms with Crippen molar-refractivity contribution in [3.05, 3.63) is 0 Å². The number of amides is 1. The lowest BCUT2D eigenvalue weighted by molar-refractivity contribution is -0.132. The molecule has 15 heavy (non-hydrogen) atoms. The molecule has 90 valence electrons. The second-order valence-electron chi connectivity index (χ2n) is 4.50. The Morgan fingerprint density at radius 2 is 1.67 bits per heavy atom. The van der Waals surface area contributed by atoms with Crippen LogP contribution in [-0.4, -0.2) is 34.6 Å². The maximum atomic E-state index is 10.9. The third kappa shape index (κ3) is 6.50. The highest BCUT2D eigenvalue weighted by atomic mass is 16.3. The predicted molar refractivity (Wildman–Crippen MR) is 62.7 cm³/mol. The molecule has 1 heterocycles. The summed E-state index contributed by atoms with van der Waals surface area (Å²) in [6, 6.07) is 0. The molecule has 1 aliphatic heterocycles. The summed E-state index contributed by atoms with van der Waals surface area (Å²) in [6.45, 7) is 9.15. The van der Waals surface area contributed by atoms with E-state index in [1.54, 1.807) is 11.8 Å². The van der Waals surface area contributed by atoms with Crippen LogP contribution >= 0.6 is 0 Å². The van der Waals surface area contributed by atoms with Crippen LogP contribution in [0.4, 0.5) is 0 Å². The molecule has 3 heteroatoms. The summed E-state index contributed by atoms with van der Waals surface area (Å²) in [5.74, 6) is 0.112. The first-order chi connectivity index (χ1) is 6.93. The summed E-state index contributed by atoms with van der Waals surface area (Å²) < 4.78 is 0. The number of rotatable bonds is 1. The van der Waals surface area contributed by atoms with Gasteiger partial charge in [-0.3, -0.25) is 4.79 Å². The van der Waals surface area contributed by atoms with Crippen molar-refractivity contribution in [3.8, 4) is 0 Å². The van der Waals surface area contributed by atoms with E-state index in [0.29, 0.717) is 25.9 Å². The average Bonchev–Trinajstić information content (AvgIpc) is 2.17. The highest BCUT2D eigenvalue weighted by Crippen LogP contribution is 2.20. The fourth-order valence-corrected chi connectivity index (χ4v) is 1.30. The highest BCUT2D eigenvalue weighted by molar-refractivity contribution is 5.73. The van der Waals surface area contributed by atoms with Crippen LogP contribution in [0, 0.1) is 0 Å². The predicted octanol–water partition coefficient (Wildman–Crippen LogP) is 2.19. The van der Waals surface area contributed by atoms with Crippen LogP contribution in [0.25, 0.3) is 0 Å². The zero-order valence-corrected chi connectivity index (χ0v) is 10.5. The minimum Gasteiger partial charge on any atom is -0.390 e. The summed E-state index contributed by atoms with van der Waals surface area (Å²) in [7, 11) is 0. The Hall–Kier alpha value is -0.570. The van der Waals surface area contributed by atoms with E-state index in [4.69, 9.17) is 0 Å². The van der Waals surface area contributed by atoms with Crippen molar-refractivity contribution in [2.75, 3.05) is 13.1 Å². The lowest BCUT2D eigenvalue weighted by Crippen LogP contribution is -2.44. The lowest BCUT2D eigenvalue weighted by atomic mass is 9.94. The SMILES string of the molecule is CC(=O)N1CCC(C)(O)CC1.CCCC. The van der Waals surface area contributed by atoms with Crippen molar-refractivity contribution in [2.24, 2.45) is 0 Å². The third-order valence-electron chi connectivity index (χ3n) is 2.79. The number of carbonyl (C=O) groups is 1. The minimum atomic E-state index is -0.550. The number of hydrogen-bond acceptors (Lipinski definition) is 2. The first-order valence-electron chi connectivity index (χ1n) is 5.91. The normalized spacial score (nSPS) is 19.1. The Balaban J connectivity index is 0.000000423. The van der Waals surface area contributed by atoms with Gasteiger partial charge in [-0.05, 0) is 19.8 Å². The zero-order chi connectivity index (χ0) is 11.9. The molecule has 1 saturated heterocycles. The van der Waals surface area contributed by atoms with Gasteiger partial charge in [-0.25, -0.2) is 0 Å². The molecule has 1 fully saturated rings. The molecule has 0 aromatic heterocycles. The summed E-state index contributed by atoms with van der Waals surface area (Å²) >= 11 is 0. The van der Waals surface area contributed by atoms with Gasteiger partial charge in [0.1, 0.15) is 0 Å². The molecule has 0 unspecified atom stereocenters. The maximum Gasteiger partial charge on any atom is 0.219 e. The zero-order valence-electron chi connectivity index (χ0n) is 10.5. The topological polar surface area (TPSA) is 40.5 Å². The molecular weight excluding hydrogens is 190 g/mol. The number of hydrogen-bond donors (Lipinski definition) is 1. The monoisotopic (exact) mass is 215 g/mol. The molecule has 0 atom stereocenters. The number of piperidine rings is 1. The van der Waals surface area contributed by atoms with Gasteiger partial charge in [-0.1, -0.05) is 26.7 Å². The first-order valence-corrected chi connectivity index (χ1v) is 5.91. The fraction of sp³-hybridized carbons (Fsp3) is 0.917. The van der Waals surface area contributed by atoms with E-state index in [-0.39, 0.29) is 5.91 Å². The first kappa shape index (κ1) is 14.4. The van der Waals surface area contributed by atoms with E-state index in [1.165, 1.54) is 12.8 Å². The van der Waals surface area contributed by atoms with Gasteiger partial charge in [0.25, 0.3) is 0 Å². The number of nitrogens with zero attached hydrogens (tertiary/aromatic N) is 1. The summed E-state index contributed by atoms with van der Waals surface area (Å²) in [6.07, 6.45) is 4.04. The molecule has 0 aliphatic carbocycles. The Kier molecular flexibility index (Phi) is 6.57. The molecule has 3 nitrogen and oxygen atoms in total. The molecule has 0 radical (unpaired) electrons. The van der Waals surface area contributed by atoms with Crippen LogP contribution in [0.5, 0.6) is 0 Å². The van der Waals surface area contributed by atoms with Crippen molar-refractivity contribution in [2.45, 2.75) is 59.0 Å². The van der Waals surface area contributed by atoms with Crippen molar-refractivity contribution in [1.29, 1.82) is 0 Å². The maximum absolute atomic E-state index is 10.9. The second-order valence-corrected chi connectivity index (χ2v) is 4.50. The second kappa shape index (κ2) is 6.83. The van der Waals surface area contributed by atoms with Gasteiger partial charge in [-0.15, -0.1) is 0 Å². The fourth-order valence-electron chi connectivity index (χ4n) is 1.30. The van der Waals surface area contributed by atoms with Gasteiger partial charge >= 0.3 is 0 Å². The molecule has 1 aliphatic rings. The van der Waals surface area contributed by atoms with Gasteiger partial charge in [0, 0.05) is 20.0 Å². The minimum absolute atomic E-state index is 0.112. The average molecular weight is 215 g/mol.